The second-order valence-electron chi connectivity index (χ2n) is 9.35. The van der Waals surface area contributed by atoms with Crippen molar-refractivity contribution in [1.82, 2.24) is 9.80 Å². The van der Waals surface area contributed by atoms with Gasteiger partial charge in [-0.3, -0.25) is 9.89 Å². The second-order valence-corrected chi connectivity index (χ2v) is 9.35. The van der Waals surface area contributed by atoms with Gasteiger partial charge < -0.3 is 14.7 Å². The number of carbonyl (C=O) groups excluding carboxylic acids is 1. The van der Waals surface area contributed by atoms with E-state index < -0.39 is 5.41 Å². The largest absolute Gasteiger partial charge is 0.508 e. The molecule has 2 amide bonds. The van der Waals surface area contributed by atoms with Crippen molar-refractivity contribution in [2.45, 2.75) is 51.5 Å². The Balaban J connectivity index is 1.80. The summed E-state index contributed by atoms with van der Waals surface area (Å²) in [6, 6.07) is 14.7. The van der Waals surface area contributed by atoms with Crippen molar-refractivity contribution in [3.8, 4) is 17.6 Å². The highest BCUT2D eigenvalue weighted by Gasteiger charge is 2.39. The number of amides is 2. The highest BCUT2D eigenvalue weighted by molar-refractivity contribution is 6.10. The van der Waals surface area contributed by atoms with Crippen molar-refractivity contribution in [3.05, 3.63) is 59.2 Å². The van der Waals surface area contributed by atoms with Crippen molar-refractivity contribution < 1.29 is 14.6 Å². The lowest BCUT2D eigenvalue weighted by molar-refractivity contribution is 0.157. The van der Waals surface area contributed by atoms with Crippen LogP contribution in [0, 0.1) is 11.3 Å². The first kappa shape index (κ1) is 23.6. The maximum atomic E-state index is 13.9. The Morgan fingerprint density at radius 2 is 1.88 bits per heavy atom. The Kier molecular flexibility index (Phi) is 6.78. The van der Waals surface area contributed by atoms with Gasteiger partial charge in [-0.15, -0.1) is 0 Å². The van der Waals surface area contributed by atoms with Crippen LogP contribution in [-0.4, -0.2) is 53.0 Å². The number of hydrogen-bond acceptors (Lipinski definition) is 5. The van der Waals surface area contributed by atoms with Crippen LogP contribution in [0.25, 0.3) is 0 Å². The number of phenolic OH excluding ortho intramolecular Hbond substituents is 1. The molecule has 2 aliphatic rings. The molecule has 7 nitrogen and oxygen atoms in total. The highest BCUT2D eigenvalue weighted by atomic mass is 16.5. The SMILES string of the molecule is CCOc1ccc(C(C)(C)C#N)cc1C1=NC[C@@H](c2ccc(O)cc2)N1C(=O)N1CCCCC1. The van der Waals surface area contributed by atoms with Gasteiger partial charge in [-0.2, -0.15) is 5.26 Å². The van der Waals surface area contributed by atoms with Crippen LogP contribution in [-0.2, 0) is 5.41 Å². The molecule has 0 radical (unpaired) electrons. The van der Waals surface area contributed by atoms with Crippen LogP contribution in [0.2, 0.25) is 0 Å². The standard InChI is InChI=1S/C27H32N4O3/c1-4-34-24-13-10-20(27(2,3)18-28)16-22(24)25-29-17-23(19-8-11-21(32)12-9-19)31(25)26(33)30-14-6-5-7-15-30/h8-13,16,23,32H,4-7,14-15,17H2,1-3H3/t23-/m0/s1. The van der Waals surface area contributed by atoms with Crippen LogP contribution in [0.15, 0.2) is 47.5 Å². The zero-order valence-corrected chi connectivity index (χ0v) is 20.1. The number of rotatable bonds is 5. The maximum Gasteiger partial charge on any atom is 0.326 e. The molecule has 2 aromatic carbocycles. The highest BCUT2D eigenvalue weighted by Crippen LogP contribution is 2.36. The molecule has 0 unspecified atom stereocenters. The monoisotopic (exact) mass is 460 g/mol. The van der Waals surface area contributed by atoms with Gasteiger partial charge in [0.15, 0.2) is 0 Å². The second kappa shape index (κ2) is 9.76. The molecule has 1 atom stereocenters. The average Bonchev–Trinajstić information content (AvgIpc) is 3.30. The summed E-state index contributed by atoms with van der Waals surface area (Å²) in [5.74, 6) is 1.39. The van der Waals surface area contributed by atoms with E-state index in [0.717, 1.165) is 43.5 Å². The Morgan fingerprint density at radius 1 is 1.18 bits per heavy atom. The van der Waals surface area contributed by atoms with Gasteiger partial charge in [0.05, 0.1) is 36.2 Å². The molecule has 7 heteroatoms. The van der Waals surface area contributed by atoms with Gasteiger partial charge in [-0.1, -0.05) is 18.2 Å². The molecule has 0 bridgehead atoms. The number of carbonyl (C=O) groups is 1. The predicted octanol–water partition coefficient (Wildman–Crippen LogP) is 5.00. The van der Waals surface area contributed by atoms with Crippen molar-refractivity contribution >= 4 is 11.9 Å². The summed E-state index contributed by atoms with van der Waals surface area (Å²) in [5.41, 5.74) is 1.77. The Labute approximate surface area is 201 Å². The van der Waals surface area contributed by atoms with E-state index in [9.17, 15) is 15.2 Å². The van der Waals surface area contributed by atoms with Gasteiger partial charge in [-0.05, 0) is 75.4 Å². The molecule has 2 aliphatic heterocycles. The molecule has 2 heterocycles. The molecule has 0 spiro atoms. The lowest BCUT2D eigenvalue weighted by atomic mass is 9.85. The van der Waals surface area contributed by atoms with E-state index in [1.807, 2.05) is 56.0 Å². The van der Waals surface area contributed by atoms with Crippen LogP contribution in [0.4, 0.5) is 4.79 Å². The van der Waals surface area contributed by atoms with Crippen LogP contribution in [0.5, 0.6) is 11.5 Å². The first-order valence-corrected chi connectivity index (χ1v) is 12.0. The van der Waals surface area contributed by atoms with Crippen molar-refractivity contribution in [3.63, 3.8) is 0 Å². The first-order chi connectivity index (χ1) is 16.4. The van der Waals surface area contributed by atoms with Crippen molar-refractivity contribution in [1.29, 1.82) is 5.26 Å². The summed E-state index contributed by atoms with van der Waals surface area (Å²) < 4.78 is 5.93. The maximum absolute atomic E-state index is 13.9. The van der Waals surface area contributed by atoms with Crippen molar-refractivity contribution in [2.75, 3.05) is 26.2 Å². The van der Waals surface area contributed by atoms with Crippen LogP contribution < -0.4 is 4.74 Å². The number of hydrogen-bond donors (Lipinski definition) is 1. The lowest BCUT2D eigenvalue weighted by Crippen LogP contribution is -2.48. The van der Waals surface area contributed by atoms with E-state index in [4.69, 9.17) is 9.73 Å². The smallest absolute Gasteiger partial charge is 0.326 e. The average molecular weight is 461 g/mol. The fourth-order valence-electron chi connectivity index (χ4n) is 4.55. The quantitative estimate of drug-likeness (QED) is 0.680. The topological polar surface area (TPSA) is 89.2 Å². The number of nitrogens with zero attached hydrogens (tertiary/aromatic N) is 4. The Hall–Kier alpha value is -3.53. The minimum atomic E-state index is -0.698. The third-order valence-electron chi connectivity index (χ3n) is 6.59. The molecule has 2 aromatic rings. The van der Waals surface area contributed by atoms with Crippen molar-refractivity contribution in [2.24, 2.45) is 4.99 Å². The third kappa shape index (κ3) is 4.58. The summed E-state index contributed by atoms with van der Waals surface area (Å²) >= 11 is 0. The number of amidine groups is 1. The number of nitriles is 1. The first-order valence-electron chi connectivity index (χ1n) is 12.0. The molecule has 1 saturated heterocycles. The normalized spacial score (nSPS) is 18.4. The number of urea groups is 1. The van der Waals surface area contributed by atoms with Gasteiger partial charge in [-0.25, -0.2) is 4.79 Å². The van der Waals surface area contributed by atoms with E-state index in [1.54, 1.807) is 17.0 Å². The lowest BCUT2D eigenvalue weighted by Gasteiger charge is -2.35. The van der Waals surface area contributed by atoms with Crippen LogP contribution >= 0.6 is 0 Å². The van der Waals surface area contributed by atoms with E-state index in [-0.39, 0.29) is 17.8 Å². The molecule has 34 heavy (non-hydrogen) atoms. The molecule has 0 aromatic heterocycles. The summed E-state index contributed by atoms with van der Waals surface area (Å²) in [6.07, 6.45) is 3.11. The number of ether oxygens (including phenoxy) is 1. The van der Waals surface area contributed by atoms with Gasteiger partial charge in [0, 0.05) is 13.1 Å². The molecular formula is C27H32N4O3. The van der Waals surface area contributed by atoms with E-state index in [2.05, 4.69) is 6.07 Å². The van der Waals surface area contributed by atoms with Crippen LogP contribution in [0.1, 0.15) is 62.8 Å². The summed E-state index contributed by atoms with van der Waals surface area (Å²) in [4.78, 5) is 22.4. The number of aromatic hydroxyl groups is 1. The molecule has 1 fully saturated rings. The molecule has 178 valence electrons. The fourth-order valence-corrected chi connectivity index (χ4v) is 4.55. The van der Waals surface area contributed by atoms with Gasteiger partial charge in [0.2, 0.25) is 0 Å². The molecule has 0 saturated carbocycles. The number of aliphatic imine (C=N–C) groups is 1. The van der Waals surface area contributed by atoms with Gasteiger partial charge in [0.25, 0.3) is 0 Å². The molecule has 0 aliphatic carbocycles. The van der Waals surface area contributed by atoms with E-state index >= 15 is 0 Å². The van der Waals surface area contributed by atoms with Crippen LogP contribution in [0.3, 0.4) is 0 Å². The van der Waals surface area contributed by atoms with Gasteiger partial charge >= 0.3 is 6.03 Å². The Morgan fingerprint density at radius 3 is 2.53 bits per heavy atom. The molecular weight excluding hydrogens is 428 g/mol. The molecule has 4 rings (SSSR count). The Bertz CT molecular complexity index is 1110. The predicted molar refractivity (Wildman–Crippen MR) is 131 cm³/mol. The number of piperidine rings is 1. The number of likely N-dealkylation sites (tertiary alicyclic amines) is 1. The number of phenols is 1. The third-order valence-corrected chi connectivity index (χ3v) is 6.59. The summed E-state index contributed by atoms with van der Waals surface area (Å²) in [6.45, 7) is 8.01. The van der Waals surface area contributed by atoms with Gasteiger partial charge in [0.1, 0.15) is 17.3 Å². The number of benzene rings is 2. The zero-order chi connectivity index (χ0) is 24.3. The summed E-state index contributed by atoms with van der Waals surface area (Å²) in [7, 11) is 0. The fraction of sp³-hybridized carbons (Fsp3) is 0.444. The summed E-state index contributed by atoms with van der Waals surface area (Å²) in [5, 5.41) is 19.5. The zero-order valence-electron chi connectivity index (χ0n) is 20.1. The minimum Gasteiger partial charge on any atom is -0.508 e. The van der Waals surface area contributed by atoms with E-state index in [1.165, 1.54) is 0 Å². The molecule has 1 N–H and O–H groups in total. The van der Waals surface area contributed by atoms with E-state index in [0.29, 0.717) is 30.3 Å². The minimum absolute atomic E-state index is 0.0681.